The molecule has 3 rings (SSSR count). The Morgan fingerprint density at radius 2 is 2.17 bits per heavy atom. The van der Waals surface area contributed by atoms with Crippen LogP contribution in [0.3, 0.4) is 0 Å². The molecular formula is C18H22N2O3. The highest BCUT2D eigenvalue weighted by molar-refractivity contribution is 5.81. The summed E-state index contributed by atoms with van der Waals surface area (Å²) in [5, 5.41) is 2.94. The lowest BCUT2D eigenvalue weighted by molar-refractivity contribution is -0.130. The van der Waals surface area contributed by atoms with E-state index in [9.17, 15) is 9.59 Å². The van der Waals surface area contributed by atoms with E-state index in [2.05, 4.69) is 5.32 Å². The molecule has 0 aromatic heterocycles. The van der Waals surface area contributed by atoms with E-state index in [4.69, 9.17) is 4.74 Å². The van der Waals surface area contributed by atoms with Crippen LogP contribution in [0, 0.1) is 0 Å². The first-order valence-corrected chi connectivity index (χ1v) is 8.09. The summed E-state index contributed by atoms with van der Waals surface area (Å²) < 4.78 is 5.52. The normalized spacial score (nSPS) is 22.7. The van der Waals surface area contributed by atoms with Crippen molar-refractivity contribution in [3.05, 3.63) is 41.6 Å². The Labute approximate surface area is 136 Å². The van der Waals surface area contributed by atoms with Crippen molar-refractivity contribution in [3.8, 4) is 0 Å². The molecule has 2 amide bonds. The summed E-state index contributed by atoms with van der Waals surface area (Å²) >= 11 is 0. The van der Waals surface area contributed by atoms with Crippen LogP contribution in [0.25, 0.3) is 6.08 Å². The predicted molar refractivity (Wildman–Crippen MR) is 87.3 cm³/mol. The lowest BCUT2D eigenvalue weighted by Crippen LogP contribution is -2.37. The summed E-state index contributed by atoms with van der Waals surface area (Å²) in [6, 6.07) is 7.63. The highest BCUT2D eigenvalue weighted by atomic mass is 16.5. The van der Waals surface area contributed by atoms with Gasteiger partial charge in [0.25, 0.3) is 0 Å². The zero-order valence-electron chi connectivity index (χ0n) is 13.3. The Bertz CT molecular complexity index is 620. The summed E-state index contributed by atoms with van der Waals surface area (Å²) in [7, 11) is 0. The van der Waals surface area contributed by atoms with Gasteiger partial charge in [0.05, 0.1) is 18.6 Å². The minimum atomic E-state index is -0.252. The quantitative estimate of drug-likeness (QED) is 0.927. The number of nitrogens with one attached hydrogen (secondary N) is 1. The van der Waals surface area contributed by atoms with E-state index in [1.54, 1.807) is 11.1 Å². The van der Waals surface area contributed by atoms with Crippen LogP contribution < -0.4 is 5.32 Å². The Kier molecular flexibility index (Phi) is 4.76. The van der Waals surface area contributed by atoms with Gasteiger partial charge in [-0.15, -0.1) is 0 Å². The first-order valence-electron chi connectivity index (χ1n) is 8.09. The maximum atomic E-state index is 12.3. The highest BCUT2D eigenvalue weighted by Gasteiger charge is 2.28. The monoisotopic (exact) mass is 314 g/mol. The Morgan fingerprint density at radius 3 is 2.91 bits per heavy atom. The number of amides is 2. The zero-order valence-corrected chi connectivity index (χ0v) is 13.3. The maximum absolute atomic E-state index is 12.3. The zero-order chi connectivity index (χ0) is 16.2. The number of benzene rings is 1. The van der Waals surface area contributed by atoms with Gasteiger partial charge in [0.2, 0.25) is 11.8 Å². The summed E-state index contributed by atoms with van der Waals surface area (Å²) in [6.07, 6.45) is 6.11. The number of rotatable bonds is 4. The molecule has 1 aromatic rings. The molecule has 23 heavy (non-hydrogen) atoms. The molecular weight excluding hydrogens is 292 g/mol. The molecule has 1 saturated heterocycles. The fourth-order valence-electron chi connectivity index (χ4n) is 3.19. The van der Waals surface area contributed by atoms with Crippen LogP contribution in [-0.2, 0) is 14.3 Å². The van der Waals surface area contributed by atoms with Gasteiger partial charge in [-0.25, -0.2) is 0 Å². The second-order valence-corrected chi connectivity index (χ2v) is 6.03. The van der Waals surface area contributed by atoms with E-state index in [1.807, 2.05) is 30.3 Å². The topological polar surface area (TPSA) is 58.6 Å². The first kappa shape index (κ1) is 15.7. The molecule has 1 N–H and O–H groups in total. The third-order valence-electron chi connectivity index (χ3n) is 4.40. The van der Waals surface area contributed by atoms with Crippen LogP contribution in [-0.4, -0.2) is 36.0 Å². The molecule has 0 saturated carbocycles. The molecule has 0 aliphatic carbocycles. The average Bonchev–Trinajstić information content (AvgIpc) is 3.06. The van der Waals surface area contributed by atoms with Gasteiger partial charge in [0.15, 0.2) is 0 Å². The average molecular weight is 314 g/mol. The fourth-order valence-corrected chi connectivity index (χ4v) is 3.19. The molecule has 2 atom stereocenters. The van der Waals surface area contributed by atoms with Crippen LogP contribution in [0.1, 0.15) is 43.4 Å². The van der Waals surface area contributed by atoms with Crippen molar-refractivity contribution in [3.63, 3.8) is 0 Å². The number of carbonyl (C=O) groups excluding carboxylic acids is 2. The molecule has 5 nitrogen and oxygen atoms in total. The van der Waals surface area contributed by atoms with Crippen molar-refractivity contribution >= 4 is 17.9 Å². The van der Waals surface area contributed by atoms with E-state index in [0.717, 1.165) is 30.6 Å². The van der Waals surface area contributed by atoms with Gasteiger partial charge in [-0.2, -0.15) is 0 Å². The molecule has 0 radical (unpaired) electrons. The van der Waals surface area contributed by atoms with E-state index in [0.29, 0.717) is 6.54 Å². The minimum Gasteiger partial charge on any atom is -0.376 e. The van der Waals surface area contributed by atoms with Crippen LogP contribution in [0.5, 0.6) is 0 Å². The molecule has 2 unspecified atom stereocenters. The molecule has 1 aromatic carbocycles. The van der Waals surface area contributed by atoms with E-state index in [1.165, 1.54) is 6.92 Å². The molecule has 0 bridgehead atoms. The number of nitrogens with zero attached hydrogens (tertiary/aromatic N) is 1. The van der Waals surface area contributed by atoms with Gasteiger partial charge in [-0.1, -0.05) is 24.3 Å². The van der Waals surface area contributed by atoms with Gasteiger partial charge in [-0.05, 0) is 30.0 Å². The number of ether oxygens (including phenoxy) is 1. The summed E-state index contributed by atoms with van der Waals surface area (Å²) in [5.74, 6) is -0.116. The first-order chi connectivity index (χ1) is 11.1. The molecule has 1 fully saturated rings. The fraction of sp³-hybridized carbons (Fsp3) is 0.444. The Balaban J connectivity index is 1.69. The lowest BCUT2D eigenvalue weighted by Gasteiger charge is -2.32. The van der Waals surface area contributed by atoms with Gasteiger partial charge in [-0.3, -0.25) is 9.59 Å². The second kappa shape index (κ2) is 6.96. The van der Waals surface area contributed by atoms with Crippen LogP contribution in [0.2, 0.25) is 0 Å². The molecule has 5 heteroatoms. The summed E-state index contributed by atoms with van der Waals surface area (Å²) in [5.41, 5.74) is 2.07. The molecule has 2 heterocycles. The summed E-state index contributed by atoms with van der Waals surface area (Å²) in [4.78, 5) is 25.8. The Morgan fingerprint density at radius 1 is 1.35 bits per heavy atom. The predicted octanol–water partition coefficient (Wildman–Crippen LogP) is 2.25. The van der Waals surface area contributed by atoms with E-state index < -0.39 is 0 Å². The lowest BCUT2D eigenvalue weighted by atomic mass is 9.93. The van der Waals surface area contributed by atoms with Crippen molar-refractivity contribution < 1.29 is 14.3 Å². The van der Waals surface area contributed by atoms with E-state index in [-0.39, 0.29) is 30.4 Å². The van der Waals surface area contributed by atoms with Gasteiger partial charge in [0.1, 0.15) is 0 Å². The van der Waals surface area contributed by atoms with Gasteiger partial charge >= 0.3 is 0 Å². The Hall–Kier alpha value is -2.14. The van der Waals surface area contributed by atoms with Crippen molar-refractivity contribution in [1.82, 2.24) is 10.2 Å². The van der Waals surface area contributed by atoms with Gasteiger partial charge in [0, 0.05) is 26.3 Å². The summed E-state index contributed by atoms with van der Waals surface area (Å²) in [6.45, 7) is 2.85. The third-order valence-corrected chi connectivity index (χ3v) is 4.40. The van der Waals surface area contributed by atoms with Crippen molar-refractivity contribution in [2.45, 2.75) is 38.3 Å². The van der Waals surface area contributed by atoms with Crippen LogP contribution in [0.4, 0.5) is 0 Å². The van der Waals surface area contributed by atoms with Crippen molar-refractivity contribution in [1.29, 1.82) is 0 Å². The number of fused-ring (bicyclic) bond motifs is 1. The second-order valence-electron chi connectivity index (χ2n) is 6.03. The largest absolute Gasteiger partial charge is 0.376 e. The van der Waals surface area contributed by atoms with Crippen molar-refractivity contribution in [2.24, 2.45) is 0 Å². The number of hydrogen-bond donors (Lipinski definition) is 1. The molecule has 2 aliphatic rings. The molecule has 0 spiro atoms. The number of carbonyl (C=O) groups is 2. The molecule has 122 valence electrons. The standard InChI is InChI=1S/C18H22N2O3/c1-13(21)20-9-8-14-5-2-3-7-16(14)17(20)11-18(22)19-12-15-6-4-10-23-15/h2-3,5,7-9,15,17H,4,6,10-12H2,1H3,(H,19,22). The van der Waals surface area contributed by atoms with Crippen LogP contribution >= 0.6 is 0 Å². The highest BCUT2D eigenvalue weighted by Crippen LogP contribution is 2.32. The molecule has 2 aliphatic heterocycles. The number of hydrogen-bond acceptors (Lipinski definition) is 3. The van der Waals surface area contributed by atoms with E-state index >= 15 is 0 Å². The van der Waals surface area contributed by atoms with Crippen LogP contribution in [0.15, 0.2) is 30.5 Å². The SMILES string of the molecule is CC(=O)N1C=Cc2ccccc2C1CC(=O)NCC1CCCO1. The maximum Gasteiger partial charge on any atom is 0.223 e. The smallest absolute Gasteiger partial charge is 0.223 e. The van der Waals surface area contributed by atoms with Gasteiger partial charge < -0.3 is 15.0 Å². The third kappa shape index (κ3) is 3.62. The van der Waals surface area contributed by atoms with Crippen molar-refractivity contribution in [2.75, 3.05) is 13.2 Å². The minimum absolute atomic E-state index is 0.0538.